The van der Waals surface area contributed by atoms with Gasteiger partial charge in [-0.2, -0.15) is 9.78 Å². The monoisotopic (exact) mass is 579 g/mol. The summed E-state index contributed by atoms with van der Waals surface area (Å²) in [6.45, 7) is 5.73. The second-order valence-electron chi connectivity index (χ2n) is 6.95. The summed E-state index contributed by atoms with van der Waals surface area (Å²) in [6.07, 6.45) is 1.26. The van der Waals surface area contributed by atoms with E-state index < -0.39 is 12.1 Å². The Balaban J connectivity index is 2.03. The summed E-state index contributed by atoms with van der Waals surface area (Å²) in [5.41, 5.74) is 1.02. The summed E-state index contributed by atoms with van der Waals surface area (Å²) in [4.78, 5) is 29.4. The second kappa shape index (κ2) is 10.9. The molecule has 0 amide bonds. The van der Waals surface area contributed by atoms with Crippen LogP contribution in [-0.2, 0) is 16.0 Å². The number of halogens is 2. The number of carbonyl (C=O) groups is 1. The number of rotatable bonds is 8. The van der Waals surface area contributed by atoms with Gasteiger partial charge < -0.3 is 14.2 Å². The fourth-order valence-electron chi connectivity index (χ4n) is 3.10. The lowest BCUT2D eigenvalue weighted by Crippen LogP contribution is -2.25. The quantitative estimate of drug-likeness (QED) is 0.283. The van der Waals surface area contributed by atoms with Crippen LogP contribution in [-0.4, -0.2) is 41.7 Å². The van der Waals surface area contributed by atoms with E-state index in [1.165, 1.54) is 11.8 Å². The number of hydrogen-bond donors (Lipinski definition) is 0. The number of benzene rings is 2. The summed E-state index contributed by atoms with van der Waals surface area (Å²) >= 11 is 6.87. The normalized spacial score (nSPS) is 12.2. The zero-order valence-electron chi connectivity index (χ0n) is 18.6. The minimum Gasteiger partial charge on any atom is -0.490 e. The Morgan fingerprint density at radius 1 is 1.24 bits per heavy atom. The van der Waals surface area contributed by atoms with Gasteiger partial charge in [-0.3, -0.25) is 4.79 Å². The average molecular weight is 581 g/mol. The maximum Gasteiger partial charge on any atom is 0.346 e. The van der Waals surface area contributed by atoms with Crippen molar-refractivity contribution in [1.29, 1.82) is 0 Å². The standard InChI is InChI=1S/C23H23Br2N3O5/c1-5-20-27-18-8-7-15(24)11-16(18)22(29)28(20)26-12-14-9-17(25)21(19(10-14)32-6-2)33-13(3)23(30)31-4/h7-13H,5-6H2,1-4H3/t13-/m0/s1. The van der Waals surface area contributed by atoms with Crippen LogP contribution >= 0.6 is 31.9 Å². The Morgan fingerprint density at radius 2 is 2.00 bits per heavy atom. The number of ether oxygens (including phenoxy) is 3. The summed E-state index contributed by atoms with van der Waals surface area (Å²) in [7, 11) is 1.30. The molecule has 174 valence electrons. The van der Waals surface area contributed by atoms with E-state index >= 15 is 0 Å². The van der Waals surface area contributed by atoms with Crippen LogP contribution in [0.15, 0.2) is 49.2 Å². The van der Waals surface area contributed by atoms with Crippen molar-refractivity contribution in [3.05, 3.63) is 61.0 Å². The van der Waals surface area contributed by atoms with Gasteiger partial charge in [0.1, 0.15) is 5.82 Å². The maximum absolute atomic E-state index is 13.1. The molecule has 1 atom stereocenters. The summed E-state index contributed by atoms with van der Waals surface area (Å²) in [6, 6.07) is 8.85. The number of methoxy groups -OCH3 is 1. The molecule has 0 spiro atoms. The van der Waals surface area contributed by atoms with E-state index in [9.17, 15) is 9.59 Å². The molecule has 0 unspecified atom stereocenters. The van der Waals surface area contributed by atoms with Crippen molar-refractivity contribution in [2.45, 2.75) is 33.3 Å². The molecule has 0 aliphatic heterocycles. The Morgan fingerprint density at radius 3 is 2.67 bits per heavy atom. The highest BCUT2D eigenvalue weighted by Gasteiger charge is 2.20. The van der Waals surface area contributed by atoms with Gasteiger partial charge in [0.25, 0.3) is 5.56 Å². The number of aromatic nitrogens is 2. The van der Waals surface area contributed by atoms with Crippen molar-refractivity contribution >= 4 is 54.9 Å². The lowest BCUT2D eigenvalue weighted by molar-refractivity contribution is -0.147. The zero-order chi connectivity index (χ0) is 24.1. The van der Waals surface area contributed by atoms with E-state index in [-0.39, 0.29) is 5.56 Å². The lowest BCUT2D eigenvalue weighted by Gasteiger charge is -2.17. The third kappa shape index (κ3) is 5.62. The number of aryl methyl sites for hydroxylation is 1. The van der Waals surface area contributed by atoms with Crippen LogP contribution in [0.3, 0.4) is 0 Å². The molecule has 0 saturated carbocycles. The molecule has 0 saturated heterocycles. The SMILES string of the molecule is CCOc1cc(C=Nn2c(CC)nc3ccc(Br)cc3c2=O)cc(Br)c1O[C@@H](C)C(=O)OC. The number of hydrogen-bond acceptors (Lipinski definition) is 7. The van der Waals surface area contributed by atoms with Crippen LogP contribution in [0.4, 0.5) is 0 Å². The number of esters is 1. The molecule has 2 aromatic carbocycles. The van der Waals surface area contributed by atoms with Gasteiger partial charge in [-0.05, 0) is 65.7 Å². The third-order valence-electron chi connectivity index (χ3n) is 4.67. The molecule has 1 aromatic heterocycles. The minimum absolute atomic E-state index is 0.259. The topological polar surface area (TPSA) is 92.0 Å². The van der Waals surface area contributed by atoms with E-state index in [4.69, 9.17) is 14.2 Å². The van der Waals surface area contributed by atoms with Crippen molar-refractivity contribution < 1.29 is 19.0 Å². The number of fused-ring (bicyclic) bond motifs is 1. The molecule has 0 bridgehead atoms. The highest BCUT2D eigenvalue weighted by Crippen LogP contribution is 2.37. The van der Waals surface area contributed by atoms with Crippen LogP contribution in [0, 0.1) is 0 Å². The Kier molecular flexibility index (Phi) is 8.25. The van der Waals surface area contributed by atoms with Crippen LogP contribution in [0.5, 0.6) is 11.5 Å². The molecule has 1 heterocycles. The van der Waals surface area contributed by atoms with E-state index in [0.717, 1.165) is 4.47 Å². The smallest absolute Gasteiger partial charge is 0.346 e. The van der Waals surface area contributed by atoms with Crippen molar-refractivity contribution in [2.75, 3.05) is 13.7 Å². The van der Waals surface area contributed by atoms with Crippen molar-refractivity contribution in [1.82, 2.24) is 9.66 Å². The van der Waals surface area contributed by atoms with Gasteiger partial charge in [0.2, 0.25) is 0 Å². The number of nitrogens with zero attached hydrogens (tertiary/aromatic N) is 3. The molecule has 0 radical (unpaired) electrons. The maximum atomic E-state index is 13.1. The van der Waals surface area contributed by atoms with Gasteiger partial charge in [-0.15, -0.1) is 0 Å². The third-order valence-corrected chi connectivity index (χ3v) is 5.76. The van der Waals surface area contributed by atoms with Crippen molar-refractivity contribution in [3.63, 3.8) is 0 Å². The summed E-state index contributed by atoms with van der Waals surface area (Å²) < 4.78 is 18.8. The molecule has 0 aliphatic rings. The fraction of sp³-hybridized carbons (Fsp3) is 0.304. The molecule has 10 heteroatoms. The first-order chi connectivity index (χ1) is 15.8. The van der Waals surface area contributed by atoms with E-state index in [1.807, 2.05) is 19.9 Å². The molecule has 8 nitrogen and oxygen atoms in total. The predicted octanol–water partition coefficient (Wildman–Crippen LogP) is 4.71. The first kappa shape index (κ1) is 24.9. The van der Waals surface area contributed by atoms with E-state index in [0.29, 0.717) is 51.3 Å². The molecular weight excluding hydrogens is 558 g/mol. The van der Waals surface area contributed by atoms with Gasteiger partial charge in [0.05, 0.1) is 35.3 Å². The highest BCUT2D eigenvalue weighted by atomic mass is 79.9. The summed E-state index contributed by atoms with van der Waals surface area (Å²) in [5, 5.41) is 4.88. The van der Waals surface area contributed by atoms with Gasteiger partial charge in [0.15, 0.2) is 17.6 Å². The fourth-order valence-corrected chi connectivity index (χ4v) is 4.01. The second-order valence-corrected chi connectivity index (χ2v) is 8.72. The van der Waals surface area contributed by atoms with E-state index in [1.54, 1.807) is 37.4 Å². The minimum atomic E-state index is -0.821. The molecule has 0 N–H and O–H groups in total. The van der Waals surface area contributed by atoms with Crippen LogP contribution in [0.1, 0.15) is 32.2 Å². The predicted molar refractivity (Wildman–Crippen MR) is 133 cm³/mol. The van der Waals surface area contributed by atoms with Gasteiger partial charge in [-0.1, -0.05) is 22.9 Å². The summed E-state index contributed by atoms with van der Waals surface area (Å²) in [5.74, 6) is 0.835. The first-order valence-electron chi connectivity index (χ1n) is 10.2. The molecule has 3 aromatic rings. The molecule has 0 fully saturated rings. The van der Waals surface area contributed by atoms with Crippen molar-refractivity contribution in [3.8, 4) is 11.5 Å². The van der Waals surface area contributed by atoms with Crippen LogP contribution in [0.25, 0.3) is 10.9 Å². The zero-order valence-corrected chi connectivity index (χ0v) is 21.8. The largest absolute Gasteiger partial charge is 0.490 e. The van der Waals surface area contributed by atoms with Gasteiger partial charge >= 0.3 is 5.97 Å². The molecule has 0 aliphatic carbocycles. The Bertz CT molecular complexity index is 1270. The average Bonchev–Trinajstić information content (AvgIpc) is 2.80. The molecule has 3 rings (SSSR count). The van der Waals surface area contributed by atoms with E-state index in [2.05, 4.69) is 41.9 Å². The lowest BCUT2D eigenvalue weighted by atomic mass is 10.2. The molecular formula is C23H23Br2N3O5. The molecule has 33 heavy (non-hydrogen) atoms. The van der Waals surface area contributed by atoms with Crippen molar-refractivity contribution in [2.24, 2.45) is 5.10 Å². The highest BCUT2D eigenvalue weighted by molar-refractivity contribution is 9.10. The van der Waals surface area contributed by atoms with Crippen LogP contribution < -0.4 is 15.0 Å². The number of carbonyl (C=O) groups excluding carboxylic acids is 1. The Hall–Kier alpha value is -2.72. The first-order valence-corrected chi connectivity index (χ1v) is 11.8. The van der Waals surface area contributed by atoms with Gasteiger partial charge in [0, 0.05) is 10.9 Å². The van der Waals surface area contributed by atoms with Crippen LogP contribution in [0.2, 0.25) is 0 Å². The Labute approximate surface area is 207 Å². The van der Waals surface area contributed by atoms with Gasteiger partial charge in [-0.25, -0.2) is 9.78 Å².